The lowest BCUT2D eigenvalue weighted by molar-refractivity contribution is -0.131. The molecule has 0 heterocycles. The van der Waals surface area contributed by atoms with Crippen molar-refractivity contribution in [3.63, 3.8) is 0 Å². The van der Waals surface area contributed by atoms with Crippen molar-refractivity contribution >= 4 is 29.2 Å². The lowest BCUT2D eigenvalue weighted by atomic mass is 10.1. The van der Waals surface area contributed by atoms with E-state index in [9.17, 15) is 14.4 Å². The molecule has 6 heteroatoms. The summed E-state index contributed by atoms with van der Waals surface area (Å²) >= 11 is 0. The monoisotopic (exact) mass is 312 g/mol. The van der Waals surface area contributed by atoms with Gasteiger partial charge in [-0.05, 0) is 31.2 Å². The summed E-state index contributed by atoms with van der Waals surface area (Å²) in [6.45, 7) is 2.76. The Morgan fingerprint density at radius 3 is 2.09 bits per heavy atom. The van der Waals surface area contributed by atoms with E-state index in [0.717, 1.165) is 0 Å². The molecule has 0 unspecified atom stereocenters. The number of rotatable bonds is 4. The van der Waals surface area contributed by atoms with E-state index in [1.807, 2.05) is 0 Å². The number of carbonyl (C=O) groups excluding carboxylic acids is 3. The number of hydrogen-bond acceptors (Lipinski definition) is 4. The summed E-state index contributed by atoms with van der Waals surface area (Å²) in [6, 6.07) is 12.6. The van der Waals surface area contributed by atoms with Gasteiger partial charge in [0.2, 0.25) is 0 Å². The first kappa shape index (κ1) is 16.2. The zero-order valence-electron chi connectivity index (χ0n) is 12.8. The van der Waals surface area contributed by atoms with Gasteiger partial charge in [-0.25, -0.2) is 4.79 Å². The first-order valence-corrected chi connectivity index (χ1v) is 6.91. The molecular weight excluding hydrogens is 296 g/mol. The Balaban J connectivity index is 2.03. The zero-order valence-corrected chi connectivity index (χ0v) is 12.8. The van der Waals surface area contributed by atoms with E-state index in [4.69, 9.17) is 4.74 Å². The summed E-state index contributed by atoms with van der Waals surface area (Å²) in [4.78, 5) is 34.2. The molecule has 2 amide bonds. The van der Waals surface area contributed by atoms with Crippen LogP contribution < -0.4 is 15.4 Å². The van der Waals surface area contributed by atoms with E-state index in [0.29, 0.717) is 22.7 Å². The second-order valence-corrected chi connectivity index (χ2v) is 4.84. The molecule has 0 bridgehead atoms. The number of ether oxygens (including phenoxy) is 1. The normalized spacial score (nSPS) is 9.83. The fourth-order valence-electron chi connectivity index (χ4n) is 1.91. The molecule has 0 aliphatic rings. The van der Waals surface area contributed by atoms with Crippen molar-refractivity contribution in [1.29, 1.82) is 0 Å². The van der Waals surface area contributed by atoms with Gasteiger partial charge in [-0.2, -0.15) is 0 Å². The first-order chi connectivity index (χ1) is 10.9. The van der Waals surface area contributed by atoms with Crippen LogP contribution in [0.25, 0.3) is 0 Å². The number of anilines is 2. The molecule has 2 aromatic carbocycles. The molecule has 0 atom stereocenters. The highest BCUT2D eigenvalue weighted by Crippen LogP contribution is 2.18. The summed E-state index contributed by atoms with van der Waals surface area (Å²) in [5.74, 6) is -0.176. The molecule has 118 valence electrons. The van der Waals surface area contributed by atoms with Gasteiger partial charge in [-0.3, -0.25) is 9.59 Å². The minimum Gasteiger partial charge on any atom is -0.427 e. The Hall–Kier alpha value is -3.15. The average Bonchev–Trinajstić information content (AvgIpc) is 2.47. The summed E-state index contributed by atoms with van der Waals surface area (Å²) in [7, 11) is 0. The predicted octanol–water partition coefficient (Wildman–Crippen LogP) is 3.46. The SMILES string of the molecule is CC(=O)Oc1cccc(NC(=O)Nc2cccc(C(C)=O)c2)c1. The molecule has 0 saturated heterocycles. The highest BCUT2D eigenvalue weighted by atomic mass is 16.5. The summed E-state index contributed by atoms with van der Waals surface area (Å²) in [5.41, 5.74) is 1.50. The van der Waals surface area contributed by atoms with Gasteiger partial charge in [0.15, 0.2) is 5.78 Å². The second-order valence-electron chi connectivity index (χ2n) is 4.84. The van der Waals surface area contributed by atoms with Crippen LogP contribution in [-0.4, -0.2) is 17.8 Å². The highest BCUT2D eigenvalue weighted by Gasteiger charge is 2.06. The maximum absolute atomic E-state index is 12.0. The molecule has 0 aromatic heterocycles. The van der Waals surface area contributed by atoms with Gasteiger partial charge in [-0.1, -0.05) is 18.2 Å². The van der Waals surface area contributed by atoms with Gasteiger partial charge in [0, 0.05) is 29.9 Å². The largest absolute Gasteiger partial charge is 0.427 e. The summed E-state index contributed by atoms with van der Waals surface area (Å²) < 4.78 is 4.95. The Morgan fingerprint density at radius 1 is 0.870 bits per heavy atom. The molecule has 2 rings (SSSR count). The van der Waals surface area contributed by atoms with E-state index in [-0.39, 0.29) is 5.78 Å². The molecule has 0 radical (unpaired) electrons. The average molecular weight is 312 g/mol. The third-order valence-corrected chi connectivity index (χ3v) is 2.88. The summed E-state index contributed by atoms with van der Waals surface area (Å²) in [5, 5.41) is 5.26. The van der Waals surface area contributed by atoms with E-state index in [2.05, 4.69) is 10.6 Å². The van der Waals surface area contributed by atoms with Crippen molar-refractivity contribution in [3.05, 3.63) is 54.1 Å². The number of ketones is 1. The van der Waals surface area contributed by atoms with Gasteiger partial charge in [0.05, 0.1) is 0 Å². The molecular formula is C17H16N2O4. The number of esters is 1. The van der Waals surface area contributed by atoms with Gasteiger partial charge in [0.25, 0.3) is 0 Å². The van der Waals surface area contributed by atoms with Crippen LogP contribution in [0.1, 0.15) is 24.2 Å². The highest BCUT2D eigenvalue weighted by molar-refractivity contribution is 6.01. The van der Waals surface area contributed by atoms with Crippen LogP contribution in [0.2, 0.25) is 0 Å². The Labute approximate surface area is 133 Å². The van der Waals surface area contributed by atoms with Crippen molar-refractivity contribution in [2.24, 2.45) is 0 Å². The third kappa shape index (κ3) is 4.96. The predicted molar refractivity (Wildman–Crippen MR) is 86.8 cm³/mol. The number of Topliss-reactive ketones (excluding diaryl/α,β-unsaturated/α-hetero) is 1. The Kier molecular flexibility index (Phi) is 5.09. The van der Waals surface area contributed by atoms with Crippen molar-refractivity contribution in [2.75, 3.05) is 10.6 Å². The minimum atomic E-state index is -0.467. The van der Waals surface area contributed by atoms with Gasteiger partial charge >= 0.3 is 12.0 Å². The Morgan fingerprint density at radius 2 is 1.48 bits per heavy atom. The second kappa shape index (κ2) is 7.22. The number of amides is 2. The van der Waals surface area contributed by atoms with Crippen LogP contribution >= 0.6 is 0 Å². The van der Waals surface area contributed by atoms with Crippen molar-refractivity contribution in [1.82, 2.24) is 0 Å². The number of carbonyl (C=O) groups is 3. The smallest absolute Gasteiger partial charge is 0.323 e. The van der Waals surface area contributed by atoms with Crippen molar-refractivity contribution in [3.8, 4) is 5.75 Å². The number of hydrogen-bond donors (Lipinski definition) is 2. The van der Waals surface area contributed by atoms with Gasteiger partial charge in [-0.15, -0.1) is 0 Å². The van der Waals surface area contributed by atoms with E-state index < -0.39 is 12.0 Å². The zero-order chi connectivity index (χ0) is 16.8. The van der Waals surface area contributed by atoms with Crippen LogP contribution in [0.4, 0.5) is 16.2 Å². The maximum atomic E-state index is 12.0. The quantitative estimate of drug-likeness (QED) is 0.514. The molecule has 0 fully saturated rings. The topological polar surface area (TPSA) is 84.5 Å². The fourth-order valence-corrected chi connectivity index (χ4v) is 1.91. The number of nitrogens with one attached hydrogen (secondary N) is 2. The molecule has 0 saturated carbocycles. The van der Waals surface area contributed by atoms with E-state index in [1.54, 1.807) is 42.5 Å². The molecule has 2 N–H and O–H groups in total. The third-order valence-electron chi connectivity index (χ3n) is 2.88. The van der Waals surface area contributed by atoms with E-state index in [1.165, 1.54) is 19.9 Å². The summed E-state index contributed by atoms with van der Waals surface area (Å²) in [6.07, 6.45) is 0. The molecule has 0 aliphatic heterocycles. The molecule has 0 aliphatic carbocycles. The van der Waals surface area contributed by atoms with Crippen molar-refractivity contribution in [2.45, 2.75) is 13.8 Å². The number of benzene rings is 2. The van der Waals surface area contributed by atoms with Crippen molar-refractivity contribution < 1.29 is 19.1 Å². The molecule has 23 heavy (non-hydrogen) atoms. The Bertz CT molecular complexity index is 756. The molecule has 0 spiro atoms. The lowest BCUT2D eigenvalue weighted by Crippen LogP contribution is -2.19. The van der Waals surface area contributed by atoms with Gasteiger partial charge < -0.3 is 15.4 Å². The van der Waals surface area contributed by atoms with Crippen LogP contribution in [0.5, 0.6) is 5.75 Å². The van der Waals surface area contributed by atoms with Crippen LogP contribution in [0.15, 0.2) is 48.5 Å². The maximum Gasteiger partial charge on any atom is 0.323 e. The van der Waals surface area contributed by atoms with Gasteiger partial charge in [0.1, 0.15) is 5.75 Å². The first-order valence-electron chi connectivity index (χ1n) is 6.91. The number of urea groups is 1. The minimum absolute atomic E-state index is 0.0804. The molecule has 6 nitrogen and oxygen atoms in total. The van der Waals surface area contributed by atoms with Crippen LogP contribution in [0.3, 0.4) is 0 Å². The van der Waals surface area contributed by atoms with E-state index >= 15 is 0 Å². The molecule has 2 aromatic rings. The standard InChI is InChI=1S/C17H16N2O4/c1-11(20)13-5-3-6-14(9-13)18-17(22)19-15-7-4-8-16(10-15)23-12(2)21/h3-10H,1-2H3,(H2,18,19,22). The fraction of sp³-hybridized carbons (Fsp3) is 0.118. The van der Waals surface area contributed by atoms with Crippen LogP contribution in [-0.2, 0) is 4.79 Å². The van der Waals surface area contributed by atoms with Crippen LogP contribution in [0, 0.1) is 0 Å². The lowest BCUT2D eigenvalue weighted by Gasteiger charge is -2.09.